The molecule has 2 amide bonds. The first-order valence-corrected chi connectivity index (χ1v) is 12.9. The number of hydrogen-bond acceptors (Lipinski definition) is 5. The van der Waals surface area contributed by atoms with Gasteiger partial charge in [-0.1, -0.05) is 26.0 Å². The van der Waals surface area contributed by atoms with Crippen molar-refractivity contribution in [1.29, 1.82) is 0 Å². The average Bonchev–Trinajstić information content (AvgIpc) is 3.43. The fraction of sp³-hybridized carbons (Fsp3) is 0.536. The van der Waals surface area contributed by atoms with E-state index >= 15 is 0 Å². The van der Waals surface area contributed by atoms with Gasteiger partial charge in [-0.2, -0.15) is 5.10 Å². The lowest BCUT2D eigenvalue weighted by Gasteiger charge is -2.27. The van der Waals surface area contributed by atoms with E-state index in [1.807, 2.05) is 22.9 Å². The normalized spacial score (nSPS) is 22.4. The average molecular weight is 495 g/mol. The molecule has 2 aliphatic carbocycles. The number of carbonyl (C=O) groups is 2. The summed E-state index contributed by atoms with van der Waals surface area (Å²) in [7, 11) is 3.24. The molecule has 8 nitrogen and oxygen atoms in total. The Labute approximate surface area is 213 Å². The van der Waals surface area contributed by atoms with E-state index in [1.54, 1.807) is 26.4 Å². The number of nitrogens with zero attached hydrogens (tertiary/aromatic N) is 2. The molecule has 0 bridgehead atoms. The number of rotatable bonds is 10. The van der Waals surface area contributed by atoms with Crippen molar-refractivity contribution in [3.63, 3.8) is 0 Å². The largest absolute Gasteiger partial charge is 0.496 e. The summed E-state index contributed by atoms with van der Waals surface area (Å²) in [6.07, 6.45) is 7.00. The van der Waals surface area contributed by atoms with E-state index < -0.39 is 6.04 Å². The molecule has 2 saturated carbocycles. The molecule has 0 saturated heterocycles. The van der Waals surface area contributed by atoms with Crippen LogP contribution < -0.4 is 20.1 Å². The first-order valence-electron chi connectivity index (χ1n) is 12.9. The molecule has 2 aliphatic rings. The van der Waals surface area contributed by atoms with Crippen molar-refractivity contribution >= 4 is 11.8 Å². The van der Waals surface area contributed by atoms with Crippen molar-refractivity contribution < 1.29 is 19.1 Å². The molecule has 0 radical (unpaired) electrons. The van der Waals surface area contributed by atoms with Crippen LogP contribution in [0.25, 0.3) is 11.3 Å². The second-order valence-electron chi connectivity index (χ2n) is 10.1. The summed E-state index contributed by atoms with van der Waals surface area (Å²) in [6.45, 7) is 8.31. The van der Waals surface area contributed by atoms with Gasteiger partial charge < -0.3 is 20.1 Å². The molecule has 36 heavy (non-hydrogen) atoms. The van der Waals surface area contributed by atoms with Crippen molar-refractivity contribution in [2.75, 3.05) is 14.2 Å². The maximum atomic E-state index is 13.3. The van der Waals surface area contributed by atoms with Crippen LogP contribution in [-0.2, 0) is 4.79 Å². The SMILES string of the molecule is C=C[C@@H](CC(=O)NC1CCC1)NC(=O)c1cc(-c2c(OC)cccc2OC)n(C2CCC(C)C2C)n1. The van der Waals surface area contributed by atoms with Crippen molar-refractivity contribution in [3.05, 3.63) is 42.6 Å². The summed E-state index contributed by atoms with van der Waals surface area (Å²) in [5.41, 5.74) is 1.83. The predicted molar refractivity (Wildman–Crippen MR) is 139 cm³/mol. The van der Waals surface area contributed by atoms with Gasteiger partial charge in [0.1, 0.15) is 11.5 Å². The van der Waals surface area contributed by atoms with E-state index in [4.69, 9.17) is 14.6 Å². The molecule has 8 heteroatoms. The Morgan fingerprint density at radius 3 is 2.39 bits per heavy atom. The highest BCUT2D eigenvalue weighted by Crippen LogP contribution is 2.45. The lowest BCUT2D eigenvalue weighted by Crippen LogP contribution is -2.43. The Hall–Kier alpha value is -3.29. The van der Waals surface area contributed by atoms with Crippen LogP contribution in [0.3, 0.4) is 0 Å². The molecule has 4 rings (SSSR count). The molecule has 2 aromatic rings. The highest BCUT2D eigenvalue weighted by atomic mass is 16.5. The molecule has 0 spiro atoms. The van der Waals surface area contributed by atoms with Crippen LogP contribution >= 0.6 is 0 Å². The quantitative estimate of drug-likeness (QED) is 0.474. The maximum absolute atomic E-state index is 13.3. The van der Waals surface area contributed by atoms with E-state index in [0.717, 1.165) is 43.4 Å². The number of nitrogens with one attached hydrogen (secondary N) is 2. The van der Waals surface area contributed by atoms with Gasteiger partial charge in [0.15, 0.2) is 5.69 Å². The van der Waals surface area contributed by atoms with Crippen molar-refractivity contribution in [2.24, 2.45) is 11.8 Å². The molecule has 3 unspecified atom stereocenters. The van der Waals surface area contributed by atoms with E-state index in [2.05, 4.69) is 31.1 Å². The van der Waals surface area contributed by atoms with Gasteiger partial charge in [0.05, 0.1) is 44.0 Å². The second kappa shape index (κ2) is 11.2. The third-order valence-corrected chi connectivity index (χ3v) is 7.87. The molecular weight excluding hydrogens is 456 g/mol. The topological polar surface area (TPSA) is 94.5 Å². The number of aromatic nitrogens is 2. The predicted octanol–water partition coefficient (Wildman–Crippen LogP) is 4.52. The minimum atomic E-state index is -0.489. The number of ether oxygens (including phenoxy) is 2. The molecule has 2 N–H and O–H groups in total. The zero-order chi connectivity index (χ0) is 25.8. The highest BCUT2D eigenvalue weighted by Gasteiger charge is 2.35. The molecule has 2 fully saturated rings. The third-order valence-electron chi connectivity index (χ3n) is 7.87. The van der Waals surface area contributed by atoms with Gasteiger partial charge in [0.25, 0.3) is 5.91 Å². The van der Waals surface area contributed by atoms with Crippen molar-refractivity contribution in [1.82, 2.24) is 20.4 Å². The number of methoxy groups -OCH3 is 2. The van der Waals surface area contributed by atoms with Crippen LogP contribution in [0.4, 0.5) is 0 Å². The fourth-order valence-corrected chi connectivity index (χ4v) is 5.21. The third kappa shape index (κ3) is 5.27. The van der Waals surface area contributed by atoms with E-state index in [9.17, 15) is 9.59 Å². The summed E-state index contributed by atoms with van der Waals surface area (Å²) in [5, 5.41) is 10.7. The maximum Gasteiger partial charge on any atom is 0.272 e. The Morgan fingerprint density at radius 1 is 1.17 bits per heavy atom. The zero-order valence-corrected chi connectivity index (χ0v) is 21.8. The van der Waals surface area contributed by atoms with Crippen molar-refractivity contribution in [2.45, 2.75) is 70.5 Å². The minimum Gasteiger partial charge on any atom is -0.496 e. The van der Waals surface area contributed by atoms with Crippen LogP contribution in [0.5, 0.6) is 11.5 Å². The van der Waals surface area contributed by atoms with Crippen LogP contribution in [0.2, 0.25) is 0 Å². The van der Waals surface area contributed by atoms with E-state index in [-0.39, 0.29) is 36.0 Å². The second-order valence-corrected chi connectivity index (χ2v) is 10.1. The lowest BCUT2D eigenvalue weighted by atomic mass is 9.93. The molecule has 0 aliphatic heterocycles. The summed E-state index contributed by atoms with van der Waals surface area (Å²) >= 11 is 0. The van der Waals surface area contributed by atoms with Gasteiger partial charge in [0, 0.05) is 6.04 Å². The number of amides is 2. The smallest absolute Gasteiger partial charge is 0.272 e. The molecule has 1 aromatic carbocycles. The van der Waals surface area contributed by atoms with E-state index in [0.29, 0.717) is 23.3 Å². The number of carbonyl (C=O) groups excluding carboxylic acids is 2. The first kappa shape index (κ1) is 25.8. The molecule has 1 aromatic heterocycles. The van der Waals surface area contributed by atoms with Crippen LogP contribution in [0.1, 0.15) is 68.9 Å². The Balaban J connectivity index is 1.64. The zero-order valence-electron chi connectivity index (χ0n) is 21.8. The van der Waals surface area contributed by atoms with Crippen LogP contribution in [0, 0.1) is 11.8 Å². The van der Waals surface area contributed by atoms with Gasteiger partial charge in [-0.15, -0.1) is 6.58 Å². The van der Waals surface area contributed by atoms with Gasteiger partial charge in [0.2, 0.25) is 5.91 Å². The summed E-state index contributed by atoms with van der Waals surface area (Å²) in [4.78, 5) is 25.7. The van der Waals surface area contributed by atoms with Crippen molar-refractivity contribution in [3.8, 4) is 22.8 Å². The van der Waals surface area contributed by atoms with Gasteiger partial charge in [-0.05, 0) is 62.1 Å². The Morgan fingerprint density at radius 2 is 1.86 bits per heavy atom. The molecular formula is C28H38N4O4. The van der Waals surface area contributed by atoms with Gasteiger partial charge >= 0.3 is 0 Å². The number of hydrogen-bond donors (Lipinski definition) is 2. The van der Waals surface area contributed by atoms with Crippen LogP contribution in [-0.4, -0.2) is 47.9 Å². The first-order chi connectivity index (χ1) is 17.4. The summed E-state index contributed by atoms with van der Waals surface area (Å²) in [6, 6.07) is 7.34. The lowest BCUT2D eigenvalue weighted by molar-refractivity contribution is -0.122. The minimum absolute atomic E-state index is 0.0800. The molecule has 1 heterocycles. The van der Waals surface area contributed by atoms with Gasteiger partial charge in [-0.25, -0.2) is 0 Å². The number of benzene rings is 1. The fourth-order valence-electron chi connectivity index (χ4n) is 5.21. The molecule has 4 atom stereocenters. The van der Waals surface area contributed by atoms with Crippen LogP contribution in [0.15, 0.2) is 36.9 Å². The van der Waals surface area contributed by atoms with Gasteiger partial charge in [-0.3, -0.25) is 14.3 Å². The standard InChI is InChI=1S/C28H38N4O4/c1-6-19(15-26(33)29-20-9-7-10-20)30-28(34)21-16-23(27-24(35-4)11-8-12-25(27)36-5)32(31-21)22-14-13-17(2)18(22)3/h6,8,11-12,16-20,22H,1,7,9-10,13-15H2,2-5H3,(H,29,33)(H,30,34)/t17?,18?,19-,22?/m0/s1. The Kier molecular flexibility index (Phi) is 8.01. The summed E-state index contributed by atoms with van der Waals surface area (Å²) in [5.74, 6) is 1.84. The van der Waals surface area contributed by atoms with E-state index in [1.165, 1.54) is 0 Å². The highest BCUT2D eigenvalue weighted by molar-refractivity contribution is 5.94. The Bertz CT molecular complexity index is 1080. The molecule has 194 valence electrons. The summed E-state index contributed by atoms with van der Waals surface area (Å²) < 4.78 is 13.3. The monoisotopic (exact) mass is 494 g/mol.